The Morgan fingerprint density at radius 1 is 1.57 bits per heavy atom. The Kier molecular flexibility index (Phi) is 2.19. The molecule has 0 saturated carbocycles. The Morgan fingerprint density at radius 3 is 2.86 bits per heavy atom. The average molecular weight is 198 g/mol. The summed E-state index contributed by atoms with van der Waals surface area (Å²) >= 11 is 0. The number of carbonyl (C=O) groups excluding carboxylic acids is 2. The van der Waals surface area contributed by atoms with Crippen molar-refractivity contribution in [3.63, 3.8) is 0 Å². The maximum atomic E-state index is 11.9. The maximum absolute atomic E-state index is 11.9. The summed E-state index contributed by atoms with van der Waals surface area (Å²) < 4.78 is 5.18. The van der Waals surface area contributed by atoms with Crippen LogP contribution in [-0.4, -0.2) is 42.1 Å². The molecule has 0 unspecified atom stereocenters. The Hall–Kier alpha value is -1.10. The van der Waals surface area contributed by atoms with Crippen LogP contribution in [0.15, 0.2) is 0 Å². The molecule has 2 fully saturated rings. The summed E-state index contributed by atoms with van der Waals surface area (Å²) in [4.78, 5) is 24.4. The molecule has 2 amide bonds. The molecule has 0 aliphatic carbocycles. The van der Waals surface area contributed by atoms with Crippen LogP contribution in [0.3, 0.4) is 0 Å². The molecule has 2 aliphatic heterocycles. The molecule has 0 radical (unpaired) electrons. The molecule has 0 aromatic rings. The zero-order chi connectivity index (χ0) is 10.2. The van der Waals surface area contributed by atoms with Crippen LogP contribution in [-0.2, 0) is 9.53 Å². The Labute approximate surface area is 82.4 Å². The number of imide groups is 1. The molecular formula is C9H14N2O3. The van der Waals surface area contributed by atoms with Gasteiger partial charge < -0.3 is 10.1 Å². The van der Waals surface area contributed by atoms with Gasteiger partial charge in [0, 0.05) is 13.1 Å². The van der Waals surface area contributed by atoms with Gasteiger partial charge >= 0.3 is 6.09 Å². The lowest BCUT2D eigenvalue weighted by Gasteiger charge is -2.29. The summed E-state index contributed by atoms with van der Waals surface area (Å²) in [6.45, 7) is 3.50. The van der Waals surface area contributed by atoms with Gasteiger partial charge in [0.2, 0.25) is 5.60 Å². The van der Waals surface area contributed by atoms with Crippen LogP contribution in [0.4, 0.5) is 4.79 Å². The van der Waals surface area contributed by atoms with Crippen molar-refractivity contribution in [2.75, 3.05) is 19.6 Å². The molecule has 5 nitrogen and oxygen atoms in total. The first-order valence-electron chi connectivity index (χ1n) is 4.95. The first kappa shape index (κ1) is 9.45. The molecule has 2 heterocycles. The van der Waals surface area contributed by atoms with E-state index in [-0.39, 0.29) is 5.91 Å². The predicted octanol–water partition coefficient (Wildman–Crippen LogP) is 0.107. The van der Waals surface area contributed by atoms with E-state index in [2.05, 4.69) is 5.32 Å². The van der Waals surface area contributed by atoms with Crippen LogP contribution < -0.4 is 5.32 Å². The highest BCUT2D eigenvalue weighted by molar-refractivity contribution is 6.03. The number of rotatable bonds is 1. The van der Waals surface area contributed by atoms with Crippen molar-refractivity contribution in [2.24, 2.45) is 0 Å². The van der Waals surface area contributed by atoms with Gasteiger partial charge in [0.25, 0.3) is 5.91 Å². The SMILES string of the molecule is CCN1C(=O)O[C@]2(CCCNC2)C1=O. The summed E-state index contributed by atoms with van der Waals surface area (Å²) in [6.07, 6.45) is 1.01. The van der Waals surface area contributed by atoms with Gasteiger partial charge in [-0.1, -0.05) is 0 Å². The average Bonchev–Trinajstić information content (AvgIpc) is 2.40. The standard InChI is InChI=1S/C9H14N2O3/c1-2-11-7(12)9(14-8(11)13)4-3-5-10-6-9/h10H,2-6H2,1H3/t9-/m0/s1. The zero-order valence-corrected chi connectivity index (χ0v) is 8.21. The van der Waals surface area contributed by atoms with Gasteiger partial charge in [-0.25, -0.2) is 9.69 Å². The van der Waals surface area contributed by atoms with E-state index in [4.69, 9.17) is 4.74 Å². The number of nitrogens with one attached hydrogen (secondary N) is 1. The summed E-state index contributed by atoms with van der Waals surface area (Å²) in [5.74, 6) is -0.183. The Bertz CT molecular complexity index is 271. The molecule has 0 aromatic heterocycles. The van der Waals surface area contributed by atoms with E-state index in [9.17, 15) is 9.59 Å². The van der Waals surface area contributed by atoms with Crippen molar-refractivity contribution in [2.45, 2.75) is 25.4 Å². The van der Waals surface area contributed by atoms with Crippen molar-refractivity contribution in [3.8, 4) is 0 Å². The van der Waals surface area contributed by atoms with E-state index in [1.54, 1.807) is 6.92 Å². The van der Waals surface area contributed by atoms with Gasteiger partial charge in [-0.05, 0) is 26.3 Å². The van der Waals surface area contributed by atoms with Crippen molar-refractivity contribution in [1.82, 2.24) is 10.2 Å². The largest absolute Gasteiger partial charge is 0.431 e. The highest BCUT2D eigenvalue weighted by Gasteiger charge is 2.53. The molecule has 14 heavy (non-hydrogen) atoms. The lowest BCUT2D eigenvalue weighted by atomic mass is 9.93. The number of piperidine rings is 1. The third kappa shape index (κ3) is 1.19. The van der Waals surface area contributed by atoms with Gasteiger partial charge in [-0.3, -0.25) is 4.79 Å². The topological polar surface area (TPSA) is 58.6 Å². The number of nitrogens with zero attached hydrogens (tertiary/aromatic N) is 1. The van der Waals surface area contributed by atoms with Crippen molar-refractivity contribution in [1.29, 1.82) is 0 Å². The molecule has 1 spiro atoms. The maximum Gasteiger partial charge on any atom is 0.417 e. The Balaban J connectivity index is 2.21. The molecule has 1 atom stereocenters. The summed E-state index contributed by atoms with van der Waals surface area (Å²) in [5.41, 5.74) is -0.897. The molecule has 78 valence electrons. The second-order valence-corrected chi connectivity index (χ2v) is 3.69. The molecule has 1 N–H and O–H groups in total. The second-order valence-electron chi connectivity index (χ2n) is 3.69. The molecule has 2 saturated heterocycles. The first-order chi connectivity index (χ1) is 6.69. The third-order valence-electron chi connectivity index (χ3n) is 2.80. The fraction of sp³-hybridized carbons (Fsp3) is 0.778. The highest BCUT2D eigenvalue weighted by Crippen LogP contribution is 2.30. The highest BCUT2D eigenvalue weighted by atomic mass is 16.6. The van der Waals surface area contributed by atoms with Crippen LogP contribution in [0.1, 0.15) is 19.8 Å². The lowest BCUT2D eigenvalue weighted by molar-refractivity contribution is -0.138. The molecule has 2 aliphatic rings. The molecule has 0 bridgehead atoms. The molecule has 0 aromatic carbocycles. The van der Waals surface area contributed by atoms with E-state index in [0.717, 1.165) is 13.0 Å². The first-order valence-corrected chi connectivity index (χ1v) is 4.95. The fourth-order valence-corrected chi connectivity index (χ4v) is 2.01. The summed E-state index contributed by atoms with van der Waals surface area (Å²) in [7, 11) is 0. The third-order valence-corrected chi connectivity index (χ3v) is 2.80. The molecule has 5 heteroatoms. The van der Waals surface area contributed by atoms with Crippen molar-refractivity contribution in [3.05, 3.63) is 0 Å². The van der Waals surface area contributed by atoms with Crippen LogP contribution in [0.2, 0.25) is 0 Å². The van der Waals surface area contributed by atoms with E-state index in [0.29, 0.717) is 19.5 Å². The van der Waals surface area contributed by atoms with Crippen molar-refractivity contribution >= 4 is 12.0 Å². The number of amides is 2. The Morgan fingerprint density at radius 2 is 2.36 bits per heavy atom. The second kappa shape index (κ2) is 3.24. The lowest BCUT2D eigenvalue weighted by Crippen LogP contribution is -2.52. The number of ether oxygens (including phenoxy) is 1. The van der Waals surface area contributed by atoms with Crippen molar-refractivity contribution < 1.29 is 14.3 Å². The predicted molar refractivity (Wildman–Crippen MR) is 48.7 cm³/mol. The molecular weight excluding hydrogens is 184 g/mol. The van der Waals surface area contributed by atoms with E-state index in [1.807, 2.05) is 0 Å². The van der Waals surface area contributed by atoms with Crippen LogP contribution >= 0.6 is 0 Å². The summed E-state index contributed by atoms with van der Waals surface area (Å²) in [6, 6.07) is 0. The number of hydrogen-bond acceptors (Lipinski definition) is 4. The van der Waals surface area contributed by atoms with Crippen LogP contribution in [0.5, 0.6) is 0 Å². The minimum atomic E-state index is -0.897. The fourth-order valence-electron chi connectivity index (χ4n) is 2.01. The normalized spacial score (nSPS) is 32.5. The van der Waals surface area contributed by atoms with Crippen LogP contribution in [0.25, 0.3) is 0 Å². The minimum absolute atomic E-state index is 0.183. The van der Waals surface area contributed by atoms with Gasteiger partial charge in [-0.2, -0.15) is 0 Å². The summed E-state index contributed by atoms with van der Waals surface area (Å²) in [5, 5.41) is 3.09. The van der Waals surface area contributed by atoms with E-state index >= 15 is 0 Å². The van der Waals surface area contributed by atoms with Crippen LogP contribution in [0, 0.1) is 0 Å². The minimum Gasteiger partial charge on any atom is -0.431 e. The number of hydrogen-bond donors (Lipinski definition) is 1. The van der Waals surface area contributed by atoms with Gasteiger partial charge in [0.1, 0.15) is 0 Å². The number of likely N-dealkylation sites (N-methyl/N-ethyl adjacent to an activating group) is 1. The smallest absolute Gasteiger partial charge is 0.417 e. The van der Waals surface area contributed by atoms with E-state index < -0.39 is 11.7 Å². The van der Waals surface area contributed by atoms with E-state index in [1.165, 1.54) is 4.90 Å². The quantitative estimate of drug-likeness (QED) is 0.649. The zero-order valence-electron chi connectivity index (χ0n) is 8.21. The van der Waals surface area contributed by atoms with Gasteiger partial charge in [-0.15, -0.1) is 0 Å². The van der Waals surface area contributed by atoms with Gasteiger partial charge in [0.05, 0.1) is 0 Å². The number of carbonyl (C=O) groups is 2. The molecule has 2 rings (SSSR count). The monoisotopic (exact) mass is 198 g/mol. The van der Waals surface area contributed by atoms with Gasteiger partial charge in [0.15, 0.2) is 0 Å².